The van der Waals surface area contributed by atoms with Crippen LogP contribution in [0.2, 0.25) is 5.02 Å². The predicted octanol–water partition coefficient (Wildman–Crippen LogP) is 3.24. The Kier molecular flexibility index (Phi) is 3.48. The molecule has 0 spiro atoms. The molecule has 1 saturated heterocycles. The molecule has 1 fully saturated rings. The van der Waals surface area contributed by atoms with Gasteiger partial charge >= 0.3 is 0 Å². The summed E-state index contributed by atoms with van der Waals surface area (Å²) in [5.41, 5.74) is 1.03. The molecule has 1 aromatic rings. The van der Waals surface area contributed by atoms with E-state index >= 15 is 0 Å². The maximum Gasteiger partial charge on any atom is 0.120 e. The Morgan fingerprint density at radius 1 is 1.29 bits per heavy atom. The second-order valence-electron chi connectivity index (χ2n) is 5.81. The second-order valence-corrected chi connectivity index (χ2v) is 6.21. The van der Waals surface area contributed by atoms with Gasteiger partial charge in [-0.1, -0.05) is 43.6 Å². The van der Waals surface area contributed by atoms with Crippen molar-refractivity contribution in [2.24, 2.45) is 5.41 Å². The maximum atomic E-state index is 6.18. The third-order valence-corrected chi connectivity index (χ3v) is 3.58. The number of ether oxygens (including phenoxy) is 1. The van der Waals surface area contributed by atoms with E-state index in [-0.39, 0.29) is 11.1 Å². The number of rotatable bonds is 2. The molecule has 0 saturated carbocycles. The largest absolute Gasteiger partial charge is 0.360 e. The molecule has 3 heteroatoms. The van der Waals surface area contributed by atoms with Gasteiger partial charge in [-0.25, -0.2) is 0 Å². The number of hydrogen-bond acceptors (Lipinski definition) is 2. The van der Waals surface area contributed by atoms with Gasteiger partial charge in [0.1, 0.15) is 5.72 Å². The van der Waals surface area contributed by atoms with Crippen LogP contribution in [0.1, 0.15) is 26.3 Å². The van der Waals surface area contributed by atoms with Crippen LogP contribution < -0.4 is 5.32 Å². The minimum atomic E-state index is -0.305. The van der Waals surface area contributed by atoms with E-state index in [0.29, 0.717) is 0 Å². The van der Waals surface area contributed by atoms with Crippen molar-refractivity contribution in [3.05, 3.63) is 34.9 Å². The molecule has 1 atom stereocenters. The lowest BCUT2D eigenvalue weighted by Gasteiger charge is -2.42. The van der Waals surface area contributed by atoms with Crippen molar-refractivity contribution in [1.82, 2.24) is 5.32 Å². The monoisotopic (exact) mass is 253 g/mol. The second kappa shape index (κ2) is 4.60. The molecule has 1 unspecified atom stereocenters. The fraction of sp³-hybridized carbons (Fsp3) is 0.571. The smallest absolute Gasteiger partial charge is 0.120 e. The summed E-state index contributed by atoms with van der Waals surface area (Å²) in [6.07, 6.45) is 0.794. The molecule has 1 aliphatic heterocycles. The fourth-order valence-corrected chi connectivity index (χ4v) is 2.20. The quantitative estimate of drug-likeness (QED) is 0.874. The Morgan fingerprint density at radius 2 is 2.00 bits per heavy atom. The van der Waals surface area contributed by atoms with Crippen LogP contribution in [0.5, 0.6) is 0 Å². The Balaban J connectivity index is 2.07. The Hall–Kier alpha value is -0.570. The van der Waals surface area contributed by atoms with Gasteiger partial charge in [-0.2, -0.15) is 0 Å². The lowest BCUT2D eigenvalue weighted by atomic mass is 9.90. The average molecular weight is 254 g/mol. The van der Waals surface area contributed by atoms with Crippen molar-refractivity contribution in [3.63, 3.8) is 0 Å². The van der Waals surface area contributed by atoms with Gasteiger partial charge in [-0.3, -0.25) is 5.32 Å². The van der Waals surface area contributed by atoms with Crippen molar-refractivity contribution in [1.29, 1.82) is 0 Å². The van der Waals surface area contributed by atoms with Gasteiger partial charge in [0.05, 0.1) is 6.61 Å². The van der Waals surface area contributed by atoms with Crippen LogP contribution in [-0.4, -0.2) is 18.9 Å². The molecule has 1 heterocycles. The van der Waals surface area contributed by atoms with Crippen LogP contribution in [0.25, 0.3) is 0 Å². The molecular weight excluding hydrogens is 234 g/mol. The summed E-state index contributed by atoms with van der Waals surface area (Å²) in [5.74, 6) is 0. The van der Waals surface area contributed by atoms with Crippen LogP contribution in [0, 0.1) is 5.41 Å². The van der Waals surface area contributed by atoms with Crippen molar-refractivity contribution in [2.45, 2.75) is 32.9 Å². The topological polar surface area (TPSA) is 21.3 Å². The van der Waals surface area contributed by atoms with E-state index in [0.717, 1.165) is 30.2 Å². The molecule has 2 nitrogen and oxygen atoms in total. The highest BCUT2D eigenvalue weighted by Gasteiger charge is 2.35. The number of halogens is 1. The number of hydrogen-bond donors (Lipinski definition) is 1. The van der Waals surface area contributed by atoms with E-state index in [2.05, 4.69) is 32.2 Å². The standard InChI is InChI=1S/C14H20ClNO/c1-13(2)9-16-14(3,17-10-13)8-11-6-4-5-7-12(11)15/h4-7,16H,8-10H2,1-3H3. The molecule has 0 aliphatic carbocycles. The van der Waals surface area contributed by atoms with Gasteiger partial charge in [0, 0.05) is 23.4 Å². The fourth-order valence-electron chi connectivity index (χ4n) is 2.00. The van der Waals surface area contributed by atoms with Crippen LogP contribution in [0.4, 0.5) is 0 Å². The first-order valence-corrected chi connectivity index (χ1v) is 6.40. The first-order valence-electron chi connectivity index (χ1n) is 6.03. The third kappa shape index (κ3) is 3.21. The van der Waals surface area contributed by atoms with Gasteiger partial charge in [-0.15, -0.1) is 0 Å². The van der Waals surface area contributed by atoms with Gasteiger partial charge in [-0.05, 0) is 18.6 Å². The average Bonchev–Trinajstić information content (AvgIpc) is 2.27. The Labute approximate surface area is 108 Å². The zero-order valence-electron chi connectivity index (χ0n) is 10.7. The maximum absolute atomic E-state index is 6.18. The molecule has 1 aromatic carbocycles. The highest BCUT2D eigenvalue weighted by Crippen LogP contribution is 2.28. The minimum Gasteiger partial charge on any atom is -0.360 e. The summed E-state index contributed by atoms with van der Waals surface area (Å²) < 4.78 is 5.97. The molecular formula is C14H20ClNO. The Morgan fingerprint density at radius 3 is 2.59 bits per heavy atom. The van der Waals surface area contributed by atoms with Crippen LogP contribution >= 0.6 is 11.6 Å². The molecule has 1 N–H and O–H groups in total. The van der Waals surface area contributed by atoms with E-state index in [9.17, 15) is 0 Å². The highest BCUT2D eigenvalue weighted by atomic mass is 35.5. The summed E-state index contributed by atoms with van der Waals surface area (Å²) in [7, 11) is 0. The van der Waals surface area contributed by atoms with E-state index in [1.807, 2.05) is 18.2 Å². The molecule has 2 rings (SSSR count). The van der Waals surface area contributed by atoms with Gasteiger partial charge in [0.2, 0.25) is 0 Å². The molecule has 94 valence electrons. The van der Waals surface area contributed by atoms with Crippen molar-refractivity contribution in [2.75, 3.05) is 13.2 Å². The SMILES string of the molecule is CC1(C)CNC(C)(Cc2ccccc2Cl)OC1. The predicted molar refractivity (Wildman–Crippen MR) is 71.3 cm³/mol. The van der Waals surface area contributed by atoms with Crippen LogP contribution in [0.15, 0.2) is 24.3 Å². The van der Waals surface area contributed by atoms with E-state index in [1.165, 1.54) is 0 Å². The van der Waals surface area contributed by atoms with Gasteiger partial charge in [0.15, 0.2) is 0 Å². The van der Waals surface area contributed by atoms with E-state index in [1.54, 1.807) is 0 Å². The van der Waals surface area contributed by atoms with Gasteiger partial charge < -0.3 is 4.74 Å². The first-order chi connectivity index (χ1) is 7.90. The summed E-state index contributed by atoms with van der Waals surface area (Å²) in [4.78, 5) is 0. The molecule has 0 bridgehead atoms. The third-order valence-electron chi connectivity index (χ3n) is 3.21. The van der Waals surface area contributed by atoms with Crippen molar-refractivity contribution in [3.8, 4) is 0 Å². The van der Waals surface area contributed by atoms with Crippen molar-refractivity contribution >= 4 is 11.6 Å². The van der Waals surface area contributed by atoms with Crippen molar-refractivity contribution < 1.29 is 4.74 Å². The summed E-state index contributed by atoms with van der Waals surface area (Å²) in [6.45, 7) is 8.24. The molecule has 0 radical (unpaired) electrons. The zero-order valence-corrected chi connectivity index (χ0v) is 11.5. The summed E-state index contributed by atoms with van der Waals surface area (Å²) >= 11 is 6.18. The minimum absolute atomic E-state index is 0.208. The molecule has 0 aromatic heterocycles. The number of nitrogens with one attached hydrogen (secondary N) is 1. The first kappa shape index (κ1) is 12.9. The normalized spacial score (nSPS) is 28.0. The lowest BCUT2D eigenvalue weighted by Crippen LogP contribution is -2.56. The van der Waals surface area contributed by atoms with Gasteiger partial charge in [0.25, 0.3) is 0 Å². The Bertz CT molecular complexity index is 393. The highest BCUT2D eigenvalue weighted by molar-refractivity contribution is 6.31. The van der Waals surface area contributed by atoms with Crippen LogP contribution in [0.3, 0.4) is 0 Å². The van der Waals surface area contributed by atoms with Crippen LogP contribution in [-0.2, 0) is 11.2 Å². The summed E-state index contributed by atoms with van der Waals surface area (Å²) in [6, 6.07) is 7.94. The molecule has 0 amide bonds. The van der Waals surface area contributed by atoms with E-state index < -0.39 is 0 Å². The lowest BCUT2D eigenvalue weighted by molar-refractivity contribution is -0.125. The summed E-state index contributed by atoms with van der Waals surface area (Å²) in [5, 5.41) is 4.29. The molecule has 1 aliphatic rings. The number of benzene rings is 1. The zero-order chi connectivity index (χ0) is 12.5. The molecule has 17 heavy (non-hydrogen) atoms. The van der Waals surface area contributed by atoms with E-state index in [4.69, 9.17) is 16.3 Å².